The SMILES string of the molecule is C[C@]12CC=C3C=C4CCC(N5CCOCC5)C[C@]45CC[C@]3(O5)[C@@H]1CCC2c1ccc2ccncc2c1. The maximum Gasteiger partial charge on any atom is 0.0974 e. The predicted octanol–water partition coefficient (Wildman–Crippen LogP) is 6.18. The smallest absolute Gasteiger partial charge is 0.0974 e. The van der Waals surface area contributed by atoms with Gasteiger partial charge in [-0.3, -0.25) is 9.88 Å². The monoisotopic (exact) mass is 482 g/mol. The molecule has 2 saturated heterocycles. The lowest BCUT2D eigenvalue weighted by molar-refractivity contribution is -0.143. The molecule has 3 aliphatic carbocycles. The van der Waals surface area contributed by atoms with Crippen molar-refractivity contribution in [3.63, 3.8) is 0 Å². The molecule has 8 rings (SSSR count). The van der Waals surface area contributed by atoms with Gasteiger partial charge in [0, 0.05) is 36.9 Å². The lowest BCUT2D eigenvalue weighted by atomic mass is 9.58. The number of hydrogen-bond donors (Lipinski definition) is 0. The van der Waals surface area contributed by atoms with Crippen molar-refractivity contribution in [2.75, 3.05) is 26.3 Å². The summed E-state index contributed by atoms with van der Waals surface area (Å²) in [6.07, 6.45) is 18.9. The number of morpholine rings is 1. The van der Waals surface area contributed by atoms with Crippen molar-refractivity contribution in [1.82, 2.24) is 9.88 Å². The molecular formula is C32H38N2O2. The van der Waals surface area contributed by atoms with Crippen molar-refractivity contribution >= 4 is 10.8 Å². The van der Waals surface area contributed by atoms with E-state index in [-0.39, 0.29) is 16.6 Å². The first-order chi connectivity index (χ1) is 17.6. The normalized spacial score (nSPS) is 41.9. The number of rotatable bonds is 2. The van der Waals surface area contributed by atoms with Crippen molar-refractivity contribution < 1.29 is 9.47 Å². The molecule has 4 fully saturated rings. The Morgan fingerprint density at radius 2 is 1.94 bits per heavy atom. The first kappa shape index (κ1) is 22.0. The minimum Gasteiger partial charge on any atom is -0.379 e. The Morgan fingerprint density at radius 3 is 2.86 bits per heavy atom. The number of hydrogen-bond acceptors (Lipinski definition) is 4. The van der Waals surface area contributed by atoms with Crippen LogP contribution in [-0.4, -0.2) is 53.4 Å². The van der Waals surface area contributed by atoms with E-state index in [1.807, 2.05) is 12.4 Å². The van der Waals surface area contributed by atoms with Gasteiger partial charge in [0.1, 0.15) is 0 Å². The molecule has 0 amide bonds. The van der Waals surface area contributed by atoms with Gasteiger partial charge in [0.25, 0.3) is 0 Å². The molecule has 1 aromatic carbocycles. The number of fused-ring (bicyclic) bond motifs is 2. The van der Waals surface area contributed by atoms with Crippen LogP contribution in [-0.2, 0) is 9.47 Å². The number of nitrogens with zero attached hydrogens (tertiary/aromatic N) is 2. The Labute approximate surface area is 214 Å². The van der Waals surface area contributed by atoms with Gasteiger partial charge in [0.2, 0.25) is 0 Å². The maximum absolute atomic E-state index is 7.53. The summed E-state index contributed by atoms with van der Waals surface area (Å²) in [5.74, 6) is 1.18. The zero-order valence-electron chi connectivity index (χ0n) is 21.5. The van der Waals surface area contributed by atoms with E-state index in [0.29, 0.717) is 17.9 Å². The average molecular weight is 483 g/mol. The highest BCUT2D eigenvalue weighted by molar-refractivity contribution is 5.82. The standard InChI is InChI=1S/C32H38N2O2/c1-30-10-8-26-19-25-4-5-27(34-14-16-35-17-15-34)20-31(25)11-12-32(26,36-31)29(30)7-6-28(30)23-3-2-22-9-13-33-21-24(22)18-23/h2-3,8-9,13,18-19,21,27-29H,4-7,10-12,14-17,20H2,1H3/t27?,28?,29-,30-,31-,32-/m1/s1. The number of aromatic nitrogens is 1. The first-order valence-electron chi connectivity index (χ1n) is 14.4. The number of ether oxygens (including phenoxy) is 2. The van der Waals surface area contributed by atoms with Crippen molar-refractivity contribution in [3.05, 3.63) is 65.5 Å². The van der Waals surface area contributed by atoms with Crippen molar-refractivity contribution in [2.45, 2.75) is 81.5 Å². The molecule has 36 heavy (non-hydrogen) atoms. The molecule has 188 valence electrons. The number of pyridine rings is 1. The molecule has 3 aliphatic heterocycles. The van der Waals surface area contributed by atoms with E-state index in [4.69, 9.17) is 9.47 Å². The largest absolute Gasteiger partial charge is 0.379 e. The maximum atomic E-state index is 7.53. The van der Waals surface area contributed by atoms with E-state index in [0.717, 1.165) is 26.3 Å². The average Bonchev–Trinajstić information content (AvgIpc) is 3.43. The molecule has 2 unspecified atom stereocenters. The summed E-state index contributed by atoms with van der Waals surface area (Å²) in [5.41, 5.74) is 4.78. The first-order valence-corrected chi connectivity index (χ1v) is 14.4. The second-order valence-corrected chi connectivity index (χ2v) is 12.7. The summed E-state index contributed by atoms with van der Waals surface area (Å²) in [6.45, 7) is 6.52. The highest BCUT2D eigenvalue weighted by atomic mass is 16.5. The molecule has 4 heterocycles. The Hall–Kier alpha value is -2.01. The van der Waals surface area contributed by atoms with Crippen LogP contribution in [0.3, 0.4) is 0 Å². The summed E-state index contributed by atoms with van der Waals surface area (Å²) in [5, 5.41) is 2.56. The lowest BCUT2D eigenvalue weighted by Gasteiger charge is -2.55. The Morgan fingerprint density at radius 1 is 1.03 bits per heavy atom. The van der Waals surface area contributed by atoms with Crippen LogP contribution in [0.1, 0.15) is 69.8 Å². The highest BCUT2D eigenvalue weighted by Gasteiger charge is 2.66. The highest BCUT2D eigenvalue weighted by Crippen LogP contribution is 2.69. The van der Waals surface area contributed by atoms with Gasteiger partial charge in [0.05, 0.1) is 24.4 Å². The zero-order chi connectivity index (χ0) is 24.0. The Kier molecular flexibility index (Phi) is 4.74. The van der Waals surface area contributed by atoms with Gasteiger partial charge in [-0.15, -0.1) is 0 Å². The molecule has 2 saturated carbocycles. The minimum absolute atomic E-state index is 0.0243. The van der Waals surface area contributed by atoms with E-state index in [1.165, 1.54) is 73.3 Å². The molecule has 0 N–H and O–H groups in total. The zero-order valence-corrected chi connectivity index (χ0v) is 21.5. The topological polar surface area (TPSA) is 34.6 Å². The van der Waals surface area contributed by atoms with Crippen molar-refractivity contribution in [1.29, 1.82) is 0 Å². The minimum atomic E-state index is -0.0729. The van der Waals surface area contributed by atoms with Crippen LogP contribution in [0.5, 0.6) is 0 Å². The third kappa shape index (κ3) is 2.95. The summed E-state index contributed by atoms with van der Waals surface area (Å²) in [7, 11) is 0. The molecule has 0 radical (unpaired) electrons. The third-order valence-electron chi connectivity index (χ3n) is 11.3. The van der Waals surface area contributed by atoms with Crippen LogP contribution in [0, 0.1) is 11.3 Å². The van der Waals surface area contributed by atoms with Crippen molar-refractivity contribution in [3.8, 4) is 0 Å². The van der Waals surface area contributed by atoms with Gasteiger partial charge in [-0.05, 0) is 103 Å². The fraction of sp³-hybridized carbons (Fsp3) is 0.594. The van der Waals surface area contributed by atoms with E-state index in [1.54, 1.807) is 5.57 Å². The molecule has 2 aromatic rings. The van der Waals surface area contributed by atoms with Gasteiger partial charge >= 0.3 is 0 Å². The Bertz CT molecular complexity index is 1280. The predicted molar refractivity (Wildman–Crippen MR) is 142 cm³/mol. The molecular weight excluding hydrogens is 444 g/mol. The summed E-state index contributed by atoms with van der Waals surface area (Å²) < 4.78 is 13.2. The third-order valence-corrected chi connectivity index (χ3v) is 11.3. The molecule has 4 heteroatoms. The second kappa shape index (κ2) is 7.75. The van der Waals surface area contributed by atoms with E-state index in [2.05, 4.69) is 53.2 Å². The second-order valence-electron chi connectivity index (χ2n) is 12.7. The lowest BCUT2D eigenvalue weighted by Crippen LogP contribution is -2.56. The molecule has 6 atom stereocenters. The van der Waals surface area contributed by atoms with Crippen LogP contribution in [0.25, 0.3) is 10.8 Å². The van der Waals surface area contributed by atoms with Crippen LogP contribution in [0.2, 0.25) is 0 Å². The van der Waals surface area contributed by atoms with Crippen LogP contribution < -0.4 is 0 Å². The number of allylic oxidation sites excluding steroid dienone is 1. The van der Waals surface area contributed by atoms with Crippen molar-refractivity contribution in [2.24, 2.45) is 11.3 Å². The van der Waals surface area contributed by atoms with Crippen LogP contribution in [0.4, 0.5) is 0 Å². The molecule has 2 spiro atoms. The summed E-state index contributed by atoms with van der Waals surface area (Å²) >= 11 is 0. The summed E-state index contributed by atoms with van der Waals surface area (Å²) in [6, 6.07) is 9.88. The number of benzene rings is 1. The van der Waals surface area contributed by atoms with Crippen LogP contribution >= 0.6 is 0 Å². The van der Waals surface area contributed by atoms with E-state index < -0.39 is 0 Å². The van der Waals surface area contributed by atoms with Gasteiger partial charge in [0.15, 0.2) is 0 Å². The molecule has 2 bridgehead atoms. The van der Waals surface area contributed by atoms with Gasteiger partial charge in [-0.1, -0.05) is 31.2 Å². The fourth-order valence-electron chi connectivity index (χ4n) is 9.50. The molecule has 4 nitrogen and oxygen atoms in total. The fourth-order valence-corrected chi connectivity index (χ4v) is 9.50. The van der Waals surface area contributed by atoms with Gasteiger partial charge in [-0.2, -0.15) is 0 Å². The Balaban J connectivity index is 1.13. The molecule has 1 aromatic heterocycles. The van der Waals surface area contributed by atoms with Gasteiger partial charge in [-0.25, -0.2) is 0 Å². The quantitative estimate of drug-likeness (QED) is 0.512. The van der Waals surface area contributed by atoms with E-state index in [9.17, 15) is 0 Å². The molecule has 6 aliphatic rings. The van der Waals surface area contributed by atoms with E-state index >= 15 is 0 Å². The summed E-state index contributed by atoms with van der Waals surface area (Å²) in [4.78, 5) is 7.09. The van der Waals surface area contributed by atoms with Gasteiger partial charge < -0.3 is 9.47 Å². The van der Waals surface area contributed by atoms with Crippen LogP contribution in [0.15, 0.2) is 60.0 Å².